The lowest BCUT2D eigenvalue weighted by Gasteiger charge is -2.44. The molecule has 2 aliphatic rings. The van der Waals surface area contributed by atoms with Gasteiger partial charge in [-0.05, 0) is 55.8 Å². The van der Waals surface area contributed by atoms with Crippen LogP contribution in [0, 0.1) is 5.82 Å². The zero-order chi connectivity index (χ0) is 17.1. The van der Waals surface area contributed by atoms with Crippen LogP contribution in [-0.2, 0) is 4.79 Å². The van der Waals surface area contributed by atoms with Gasteiger partial charge < -0.3 is 10.4 Å². The van der Waals surface area contributed by atoms with Crippen molar-refractivity contribution in [3.8, 4) is 0 Å². The number of nitrogens with zero attached hydrogens (tertiary/aromatic N) is 1. The average molecular weight is 334 g/mol. The van der Waals surface area contributed by atoms with Crippen LogP contribution in [0.1, 0.15) is 50.5 Å². The van der Waals surface area contributed by atoms with Crippen LogP contribution in [0.2, 0.25) is 0 Å². The molecule has 1 aromatic rings. The number of likely N-dealkylation sites (N-methyl/N-ethyl adjacent to an activating group) is 1. The van der Waals surface area contributed by atoms with Gasteiger partial charge in [0.1, 0.15) is 5.82 Å². The minimum atomic E-state index is -0.750. The Kier molecular flexibility index (Phi) is 5.51. The lowest BCUT2D eigenvalue weighted by molar-refractivity contribution is -0.139. The van der Waals surface area contributed by atoms with Crippen LogP contribution in [0.25, 0.3) is 0 Å². The van der Waals surface area contributed by atoms with Crippen LogP contribution in [0.4, 0.5) is 4.39 Å². The van der Waals surface area contributed by atoms with Gasteiger partial charge in [0.15, 0.2) is 0 Å². The van der Waals surface area contributed by atoms with Crippen molar-refractivity contribution in [2.24, 2.45) is 0 Å². The van der Waals surface area contributed by atoms with E-state index < -0.39 is 5.97 Å². The fraction of sp³-hybridized carbons (Fsp3) is 0.632. The molecule has 0 amide bonds. The van der Waals surface area contributed by atoms with Crippen molar-refractivity contribution >= 4 is 5.97 Å². The molecule has 2 N–H and O–H groups in total. The van der Waals surface area contributed by atoms with Gasteiger partial charge in [0.05, 0.1) is 6.54 Å². The van der Waals surface area contributed by atoms with Crippen LogP contribution in [-0.4, -0.2) is 47.2 Å². The number of aliphatic carboxylic acids is 1. The third-order valence-electron chi connectivity index (χ3n) is 5.64. The molecule has 1 aromatic carbocycles. The molecule has 2 aliphatic carbocycles. The van der Waals surface area contributed by atoms with E-state index in [9.17, 15) is 9.18 Å². The largest absolute Gasteiger partial charge is 0.480 e. The average Bonchev–Trinajstić information content (AvgIpc) is 2.97. The fourth-order valence-electron chi connectivity index (χ4n) is 4.27. The van der Waals surface area contributed by atoms with Gasteiger partial charge in [0.2, 0.25) is 0 Å². The lowest BCUT2D eigenvalue weighted by atomic mass is 9.83. The first kappa shape index (κ1) is 17.4. The monoisotopic (exact) mass is 334 g/mol. The van der Waals surface area contributed by atoms with Crippen molar-refractivity contribution < 1.29 is 14.3 Å². The van der Waals surface area contributed by atoms with E-state index in [1.807, 2.05) is 24.0 Å². The van der Waals surface area contributed by atoms with Crippen LogP contribution in [0.3, 0.4) is 0 Å². The summed E-state index contributed by atoms with van der Waals surface area (Å²) in [6, 6.07) is 8.24. The Hall–Kier alpha value is -1.46. The van der Waals surface area contributed by atoms with E-state index in [-0.39, 0.29) is 12.4 Å². The summed E-state index contributed by atoms with van der Waals surface area (Å²) in [6.07, 6.45) is 5.56. The number of hydrogen-bond acceptors (Lipinski definition) is 3. The number of carboxylic acid groups (broad SMARTS) is 1. The molecular formula is C19H27FN2O2. The highest BCUT2D eigenvalue weighted by Gasteiger charge is 2.37. The molecule has 5 heteroatoms. The molecule has 2 atom stereocenters. The minimum Gasteiger partial charge on any atom is -0.480 e. The molecule has 24 heavy (non-hydrogen) atoms. The van der Waals surface area contributed by atoms with Crippen molar-refractivity contribution in [3.05, 3.63) is 35.6 Å². The molecule has 4 nitrogen and oxygen atoms in total. The highest BCUT2D eigenvalue weighted by atomic mass is 19.1. The van der Waals surface area contributed by atoms with E-state index in [2.05, 4.69) is 5.32 Å². The zero-order valence-corrected chi connectivity index (χ0v) is 14.2. The van der Waals surface area contributed by atoms with E-state index in [0.29, 0.717) is 24.0 Å². The van der Waals surface area contributed by atoms with Gasteiger partial charge in [-0.1, -0.05) is 25.5 Å². The molecule has 0 heterocycles. The highest BCUT2D eigenvalue weighted by molar-refractivity contribution is 5.69. The number of benzene rings is 1. The molecule has 0 aromatic heterocycles. The first-order valence-electron chi connectivity index (χ1n) is 9.04. The Labute approximate surface area is 143 Å². The van der Waals surface area contributed by atoms with Crippen LogP contribution in [0.5, 0.6) is 0 Å². The van der Waals surface area contributed by atoms with Crippen LogP contribution >= 0.6 is 0 Å². The van der Waals surface area contributed by atoms with Gasteiger partial charge in [-0.15, -0.1) is 0 Å². The molecule has 132 valence electrons. The Bertz CT molecular complexity index is 557. The summed E-state index contributed by atoms with van der Waals surface area (Å²) in [4.78, 5) is 13.0. The third kappa shape index (κ3) is 3.95. The maximum Gasteiger partial charge on any atom is 0.317 e. The summed E-state index contributed by atoms with van der Waals surface area (Å²) in [6.45, 7) is 2.94. The van der Waals surface area contributed by atoms with Crippen LogP contribution < -0.4 is 5.32 Å². The number of carboxylic acids is 1. The fourth-order valence-corrected chi connectivity index (χ4v) is 4.27. The van der Waals surface area contributed by atoms with Crippen molar-refractivity contribution in [2.45, 2.75) is 63.1 Å². The lowest BCUT2D eigenvalue weighted by Crippen LogP contribution is -2.55. The smallest absolute Gasteiger partial charge is 0.317 e. The number of nitrogens with one attached hydrogen (secondary N) is 1. The predicted octanol–water partition coefficient (Wildman–Crippen LogP) is 2.99. The quantitative estimate of drug-likeness (QED) is 0.805. The molecule has 2 fully saturated rings. The Balaban J connectivity index is 1.51. The summed E-state index contributed by atoms with van der Waals surface area (Å²) < 4.78 is 13.1. The summed E-state index contributed by atoms with van der Waals surface area (Å²) in [5, 5.41) is 12.7. The number of rotatable bonds is 7. The first-order chi connectivity index (χ1) is 11.6. The number of hydrogen-bond donors (Lipinski definition) is 2. The topological polar surface area (TPSA) is 52.6 Å². The second-order valence-electron chi connectivity index (χ2n) is 7.14. The van der Waals surface area contributed by atoms with Gasteiger partial charge in [-0.25, -0.2) is 4.39 Å². The van der Waals surface area contributed by atoms with E-state index in [4.69, 9.17) is 5.11 Å². The van der Waals surface area contributed by atoms with Crippen molar-refractivity contribution in [2.75, 3.05) is 13.1 Å². The van der Waals surface area contributed by atoms with E-state index in [0.717, 1.165) is 32.2 Å². The Morgan fingerprint density at radius 1 is 1.29 bits per heavy atom. The van der Waals surface area contributed by atoms with E-state index in [1.54, 1.807) is 12.1 Å². The molecule has 0 aliphatic heterocycles. The summed E-state index contributed by atoms with van der Waals surface area (Å²) in [5.74, 6) is -0.465. The molecule has 0 spiro atoms. The standard InChI is InChI=1S/C19H27FN2O2/c1-2-22(12-19(23)24)16-10-15(11-16)21-18-5-3-4-17(18)13-6-8-14(20)9-7-13/h6-9,15-18,21H,2-5,10-12H2,1H3,(H,23,24). The van der Waals surface area contributed by atoms with Gasteiger partial charge in [-0.3, -0.25) is 9.69 Å². The molecular weight excluding hydrogens is 307 g/mol. The van der Waals surface area contributed by atoms with Gasteiger partial charge in [-0.2, -0.15) is 0 Å². The van der Waals surface area contributed by atoms with E-state index >= 15 is 0 Å². The van der Waals surface area contributed by atoms with Gasteiger partial charge in [0, 0.05) is 18.1 Å². The Morgan fingerprint density at radius 2 is 2.00 bits per heavy atom. The number of carbonyl (C=O) groups is 1. The van der Waals surface area contributed by atoms with Crippen molar-refractivity contribution in [3.63, 3.8) is 0 Å². The molecule has 0 bridgehead atoms. The highest BCUT2D eigenvalue weighted by Crippen LogP contribution is 2.37. The molecule has 3 rings (SSSR count). The summed E-state index contributed by atoms with van der Waals surface area (Å²) in [5.41, 5.74) is 1.23. The summed E-state index contributed by atoms with van der Waals surface area (Å²) >= 11 is 0. The zero-order valence-electron chi connectivity index (χ0n) is 14.2. The Morgan fingerprint density at radius 3 is 2.62 bits per heavy atom. The minimum absolute atomic E-state index is 0.134. The van der Waals surface area contributed by atoms with Crippen LogP contribution in [0.15, 0.2) is 24.3 Å². The molecule has 2 unspecified atom stereocenters. The van der Waals surface area contributed by atoms with Crippen molar-refractivity contribution in [1.82, 2.24) is 10.2 Å². The normalized spacial score (nSPS) is 29.6. The maximum absolute atomic E-state index is 13.1. The van der Waals surface area contributed by atoms with Gasteiger partial charge in [0.25, 0.3) is 0 Å². The second-order valence-corrected chi connectivity index (χ2v) is 7.14. The third-order valence-corrected chi connectivity index (χ3v) is 5.64. The maximum atomic E-state index is 13.1. The molecule has 2 saturated carbocycles. The second kappa shape index (κ2) is 7.62. The van der Waals surface area contributed by atoms with Gasteiger partial charge >= 0.3 is 5.97 Å². The number of halogens is 1. The molecule has 0 radical (unpaired) electrons. The summed E-state index contributed by atoms with van der Waals surface area (Å²) in [7, 11) is 0. The predicted molar refractivity (Wildman–Crippen MR) is 91.6 cm³/mol. The van der Waals surface area contributed by atoms with E-state index in [1.165, 1.54) is 12.0 Å². The first-order valence-corrected chi connectivity index (χ1v) is 9.04. The van der Waals surface area contributed by atoms with Crippen molar-refractivity contribution in [1.29, 1.82) is 0 Å². The SMILES string of the molecule is CCN(CC(=O)O)C1CC(NC2CCCC2c2ccc(F)cc2)C1. The molecule has 0 saturated heterocycles.